The molecule has 0 radical (unpaired) electrons. The molecule has 2 unspecified atom stereocenters. The number of carboxylic acids is 1. The molecule has 0 spiro atoms. The van der Waals surface area contributed by atoms with Gasteiger partial charge < -0.3 is 5.11 Å². The van der Waals surface area contributed by atoms with Crippen LogP contribution in [0, 0.1) is 5.92 Å². The molecule has 1 N–H and O–H groups in total. The Morgan fingerprint density at radius 2 is 1.41 bits per heavy atom. The van der Waals surface area contributed by atoms with Crippen molar-refractivity contribution in [2.45, 2.75) is 11.8 Å². The van der Waals surface area contributed by atoms with E-state index < -0.39 is 5.97 Å². The Bertz CT molecular complexity index is 581. The van der Waals surface area contributed by atoms with Crippen molar-refractivity contribution in [3.63, 3.8) is 0 Å². The van der Waals surface area contributed by atoms with Gasteiger partial charge in [0.05, 0.1) is 6.54 Å². The highest BCUT2D eigenvalue weighted by Gasteiger charge is 2.51. The molecule has 0 saturated heterocycles. The van der Waals surface area contributed by atoms with Crippen LogP contribution in [0.1, 0.15) is 23.0 Å². The third-order valence-corrected chi connectivity index (χ3v) is 4.47. The molecule has 0 heterocycles. The van der Waals surface area contributed by atoms with Crippen LogP contribution in [0.15, 0.2) is 60.7 Å². The van der Waals surface area contributed by atoms with E-state index in [0.717, 1.165) is 6.54 Å². The van der Waals surface area contributed by atoms with Crippen molar-refractivity contribution in [1.29, 1.82) is 0 Å². The number of hydrogen-bond acceptors (Lipinski definition) is 2. The summed E-state index contributed by atoms with van der Waals surface area (Å²) in [5.74, 6) is 0.685. The Balaban J connectivity index is 1.79. The lowest BCUT2D eigenvalue weighted by atomic mass is 10.0. The third-order valence-electron chi connectivity index (χ3n) is 4.47. The molecule has 3 heteroatoms. The van der Waals surface area contributed by atoms with Gasteiger partial charge in [0.2, 0.25) is 0 Å². The maximum Gasteiger partial charge on any atom is 0.317 e. The maximum absolute atomic E-state index is 10.9. The molecule has 1 aliphatic carbocycles. The molecule has 3 rings (SSSR count). The first-order valence-electron chi connectivity index (χ1n) is 7.67. The Morgan fingerprint density at radius 3 is 1.82 bits per heavy atom. The van der Waals surface area contributed by atoms with Crippen LogP contribution in [0.25, 0.3) is 0 Å². The molecule has 3 nitrogen and oxygen atoms in total. The third kappa shape index (κ3) is 3.20. The molecular formula is C19H21NO2. The van der Waals surface area contributed by atoms with Crippen molar-refractivity contribution in [1.82, 2.24) is 4.90 Å². The fraction of sp³-hybridized carbons (Fsp3) is 0.316. The molecule has 0 amide bonds. The molecule has 1 saturated carbocycles. The molecule has 2 atom stereocenters. The van der Waals surface area contributed by atoms with Crippen molar-refractivity contribution in [2.75, 3.05) is 20.1 Å². The van der Waals surface area contributed by atoms with E-state index in [2.05, 4.69) is 48.5 Å². The number of aliphatic carboxylic acids is 1. The minimum atomic E-state index is -0.768. The van der Waals surface area contributed by atoms with E-state index in [1.54, 1.807) is 0 Å². The van der Waals surface area contributed by atoms with Crippen molar-refractivity contribution >= 4 is 5.97 Å². The predicted octanol–water partition coefficient (Wildman–Crippen LogP) is 3.20. The molecule has 0 aliphatic heterocycles. The molecule has 0 aromatic heterocycles. The summed E-state index contributed by atoms with van der Waals surface area (Å²) in [7, 11) is 1.89. The highest BCUT2D eigenvalue weighted by atomic mass is 16.4. The lowest BCUT2D eigenvalue weighted by Crippen LogP contribution is -2.28. The Morgan fingerprint density at radius 1 is 0.955 bits per heavy atom. The fourth-order valence-electron chi connectivity index (χ4n) is 3.52. The van der Waals surface area contributed by atoms with Crippen LogP contribution in [-0.2, 0) is 4.79 Å². The van der Waals surface area contributed by atoms with Gasteiger partial charge >= 0.3 is 5.97 Å². The minimum Gasteiger partial charge on any atom is -0.480 e. The second-order valence-corrected chi connectivity index (χ2v) is 6.13. The SMILES string of the molecule is CN(CC(=O)O)CC1C(c2ccccc2)C1c1ccccc1. The number of carbonyl (C=O) groups is 1. The zero-order valence-electron chi connectivity index (χ0n) is 12.7. The van der Waals surface area contributed by atoms with Gasteiger partial charge in [0, 0.05) is 6.54 Å². The predicted molar refractivity (Wildman–Crippen MR) is 87.0 cm³/mol. The topological polar surface area (TPSA) is 40.5 Å². The second kappa shape index (κ2) is 6.32. The number of likely N-dealkylation sites (N-methyl/N-ethyl adjacent to an activating group) is 1. The summed E-state index contributed by atoms with van der Waals surface area (Å²) in [6.45, 7) is 0.908. The zero-order chi connectivity index (χ0) is 15.5. The Hall–Kier alpha value is -2.13. The highest BCUT2D eigenvalue weighted by Crippen LogP contribution is 2.60. The molecule has 22 heavy (non-hydrogen) atoms. The summed E-state index contributed by atoms with van der Waals surface area (Å²) < 4.78 is 0. The van der Waals surface area contributed by atoms with Crippen molar-refractivity contribution in [2.24, 2.45) is 5.92 Å². The van der Waals surface area contributed by atoms with Gasteiger partial charge in [-0.05, 0) is 35.9 Å². The van der Waals surface area contributed by atoms with Gasteiger partial charge in [0.25, 0.3) is 0 Å². The summed E-state index contributed by atoms with van der Waals surface area (Å²) in [6.07, 6.45) is 0. The van der Waals surface area contributed by atoms with Crippen molar-refractivity contribution in [3.8, 4) is 0 Å². The van der Waals surface area contributed by atoms with Gasteiger partial charge in [0.15, 0.2) is 0 Å². The molecular weight excluding hydrogens is 274 g/mol. The van der Waals surface area contributed by atoms with Crippen LogP contribution >= 0.6 is 0 Å². The Kier molecular flexibility index (Phi) is 4.25. The second-order valence-electron chi connectivity index (χ2n) is 6.13. The van der Waals surface area contributed by atoms with Gasteiger partial charge in [-0.3, -0.25) is 9.69 Å². The summed E-state index contributed by atoms with van der Waals surface area (Å²) in [6, 6.07) is 21.1. The smallest absolute Gasteiger partial charge is 0.317 e. The molecule has 2 aromatic rings. The largest absolute Gasteiger partial charge is 0.480 e. The standard InChI is InChI=1S/C19H21NO2/c1-20(13-17(21)22)12-16-18(14-8-4-2-5-9-14)19(16)15-10-6-3-7-11-15/h2-11,16,18-19H,12-13H2,1H3,(H,21,22). The number of nitrogens with zero attached hydrogens (tertiary/aromatic N) is 1. The van der Waals surface area contributed by atoms with E-state index in [0.29, 0.717) is 17.8 Å². The summed E-state index contributed by atoms with van der Waals surface area (Å²) >= 11 is 0. The summed E-state index contributed by atoms with van der Waals surface area (Å²) in [5, 5.41) is 8.94. The van der Waals surface area contributed by atoms with E-state index in [1.165, 1.54) is 11.1 Å². The molecule has 114 valence electrons. The van der Waals surface area contributed by atoms with Gasteiger partial charge in [0.1, 0.15) is 0 Å². The number of carboxylic acid groups (broad SMARTS) is 1. The van der Waals surface area contributed by atoms with Crippen LogP contribution in [0.2, 0.25) is 0 Å². The summed E-state index contributed by atoms with van der Waals surface area (Å²) in [5.41, 5.74) is 2.70. The number of hydrogen-bond donors (Lipinski definition) is 1. The lowest BCUT2D eigenvalue weighted by molar-refractivity contribution is -0.138. The number of benzene rings is 2. The first-order valence-corrected chi connectivity index (χ1v) is 7.67. The van der Waals surface area contributed by atoms with E-state index in [4.69, 9.17) is 5.11 Å². The van der Waals surface area contributed by atoms with E-state index >= 15 is 0 Å². The van der Waals surface area contributed by atoms with Crippen LogP contribution in [0.5, 0.6) is 0 Å². The quantitative estimate of drug-likeness (QED) is 0.889. The van der Waals surface area contributed by atoms with Crippen molar-refractivity contribution < 1.29 is 9.90 Å². The maximum atomic E-state index is 10.9. The van der Waals surface area contributed by atoms with Gasteiger partial charge in [-0.25, -0.2) is 0 Å². The normalized spacial score (nSPS) is 23.5. The van der Waals surface area contributed by atoms with Crippen molar-refractivity contribution in [3.05, 3.63) is 71.8 Å². The molecule has 1 fully saturated rings. The molecule has 2 aromatic carbocycles. The van der Waals surface area contributed by atoms with Crippen LogP contribution in [-0.4, -0.2) is 36.1 Å². The highest BCUT2D eigenvalue weighted by molar-refractivity contribution is 5.69. The lowest BCUT2D eigenvalue weighted by Gasteiger charge is -2.13. The fourth-order valence-corrected chi connectivity index (χ4v) is 3.52. The summed E-state index contributed by atoms with van der Waals surface area (Å²) in [4.78, 5) is 12.8. The van der Waals surface area contributed by atoms with Crippen LogP contribution in [0.3, 0.4) is 0 Å². The first-order chi connectivity index (χ1) is 10.7. The number of rotatable bonds is 6. The van der Waals surface area contributed by atoms with Gasteiger partial charge in [-0.2, -0.15) is 0 Å². The van der Waals surface area contributed by atoms with Gasteiger partial charge in [-0.1, -0.05) is 60.7 Å². The minimum absolute atomic E-state index is 0.0967. The molecule has 1 aliphatic rings. The average Bonchev–Trinajstić information content (AvgIpc) is 3.22. The van der Waals surface area contributed by atoms with E-state index in [-0.39, 0.29) is 6.54 Å². The van der Waals surface area contributed by atoms with E-state index in [9.17, 15) is 4.79 Å². The average molecular weight is 295 g/mol. The van der Waals surface area contributed by atoms with Crippen LogP contribution < -0.4 is 0 Å². The van der Waals surface area contributed by atoms with Gasteiger partial charge in [-0.15, -0.1) is 0 Å². The zero-order valence-corrected chi connectivity index (χ0v) is 12.7. The Labute approximate surface area is 131 Å². The van der Waals surface area contributed by atoms with Crippen LogP contribution in [0.4, 0.5) is 0 Å². The molecule has 0 bridgehead atoms. The monoisotopic (exact) mass is 295 g/mol. The van der Waals surface area contributed by atoms with E-state index in [1.807, 2.05) is 24.1 Å². The first kappa shape index (κ1) is 14.8.